The second-order valence-corrected chi connectivity index (χ2v) is 6.35. The summed E-state index contributed by atoms with van der Waals surface area (Å²) in [6.45, 7) is 3.82. The average Bonchev–Trinajstić information content (AvgIpc) is 3.23. The quantitative estimate of drug-likeness (QED) is 0.701. The highest BCUT2D eigenvalue weighted by molar-refractivity contribution is 7.12. The molecule has 0 unspecified atom stereocenters. The number of esters is 1. The SMILES string of the molecule is COC(=O)c1sccc1NC(=O)CCc1c(C)nc2ncnn2c1C. The van der Waals surface area contributed by atoms with Crippen molar-refractivity contribution in [2.45, 2.75) is 26.7 Å². The molecule has 0 radical (unpaired) electrons. The number of amides is 1. The predicted octanol–water partition coefficient (Wildman–Crippen LogP) is 2.16. The van der Waals surface area contributed by atoms with Crippen LogP contribution >= 0.6 is 11.3 Å². The Morgan fingerprint density at radius 2 is 2.16 bits per heavy atom. The van der Waals surface area contributed by atoms with E-state index in [0.717, 1.165) is 17.0 Å². The van der Waals surface area contributed by atoms with E-state index in [0.29, 0.717) is 22.8 Å². The summed E-state index contributed by atoms with van der Waals surface area (Å²) in [5, 5.41) is 8.64. The number of anilines is 1. The fraction of sp³-hybridized carbons (Fsp3) is 0.312. The van der Waals surface area contributed by atoms with Gasteiger partial charge in [0.15, 0.2) is 0 Å². The largest absolute Gasteiger partial charge is 0.465 e. The second-order valence-electron chi connectivity index (χ2n) is 5.44. The fourth-order valence-corrected chi connectivity index (χ4v) is 3.39. The third-order valence-electron chi connectivity index (χ3n) is 3.90. The number of fused-ring (bicyclic) bond motifs is 1. The van der Waals surface area contributed by atoms with Gasteiger partial charge < -0.3 is 10.1 Å². The molecule has 0 atom stereocenters. The van der Waals surface area contributed by atoms with Crippen LogP contribution in [0.15, 0.2) is 17.8 Å². The van der Waals surface area contributed by atoms with Crippen LogP contribution in [0.5, 0.6) is 0 Å². The van der Waals surface area contributed by atoms with Gasteiger partial charge in [0.25, 0.3) is 5.78 Å². The van der Waals surface area contributed by atoms with Crippen LogP contribution in [-0.4, -0.2) is 38.6 Å². The summed E-state index contributed by atoms with van der Waals surface area (Å²) < 4.78 is 6.37. The number of nitrogens with zero attached hydrogens (tertiary/aromatic N) is 4. The van der Waals surface area contributed by atoms with Crippen molar-refractivity contribution in [2.24, 2.45) is 0 Å². The van der Waals surface area contributed by atoms with E-state index in [1.165, 1.54) is 24.8 Å². The molecule has 9 heteroatoms. The van der Waals surface area contributed by atoms with Crippen LogP contribution in [0, 0.1) is 13.8 Å². The van der Waals surface area contributed by atoms with Crippen LogP contribution in [0.2, 0.25) is 0 Å². The zero-order chi connectivity index (χ0) is 18.0. The molecule has 0 spiro atoms. The molecule has 3 aromatic heterocycles. The highest BCUT2D eigenvalue weighted by Crippen LogP contribution is 2.23. The molecule has 0 aliphatic carbocycles. The maximum absolute atomic E-state index is 12.3. The van der Waals surface area contributed by atoms with Gasteiger partial charge in [-0.25, -0.2) is 14.3 Å². The van der Waals surface area contributed by atoms with Gasteiger partial charge in [0.05, 0.1) is 12.8 Å². The van der Waals surface area contributed by atoms with Crippen molar-refractivity contribution in [3.05, 3.63) is 39.6 Å². The molecule has 0 saturated carbocycles. The predicted molar refractivity (Wildman–Crippen MR) is 92.9 cm³/mol. The molecule has 0 bridgehead atoms. The van der Waals surface area contributed by atoms with Crippen molar-refractivity contribution < 1.29 is 14.3 Å². The number of nitrogens with one attached hydrogen (secondary N) is 1. The van der Waals surface area contributed by atoms with Gasteiger partial charge in [-0.3, -0.25) is 4.79 Å². The van der Waals surface area contributed by atoms with Gasteiger partial charge in [-0.15, -0.1) is 11.3 Å². The summed E-state index contributed by atoms with van der Waals surface area (Å²) in [6, 6.07) is 1.69. The molecule has 0 aromatic carbocycles. The summed E-state index contributed by atoms with van der Waals surface area (Å²) in [4.78, 5) is 32.8. The molecule has 3 heterocycles. The van der Waals surface area contributed by atoms with E-state index in [2.05, 4.69) is 20.4 Å². The van der Waals surface area contributed by atoms with Gasteiger partial charge in [0.2, 0.25) is 5.91 Å². The molecule has 1 N–H and O–H groups in total. The van der Waals surface area contributed by atoms with Gasteiger partial charge in [0.1, 0.15) is 11.2 Å². The summed E-state index contributed by atoms with van der Waals surface area (Å²) in [6.07, 6.45) is 2.24. The molecule has 0 aliphatic heterocycles. The highest BCUT2D eigenvalue weighted by atomic mass is 32.1. The Hall–Kier alpha value is -2.81. The number of aryl methyl sites for hydroxylation is 2. The first-order valence-corrected chi connectivity index (χ1v) is 8.50. The Labute approximate surface area is 147 Å². The van der Waals surface area contributed by atoms with Gasteiger partial charge >= 0.3 is 5.97 Å². The summed E-state index contributed by atoms with van der Waals surface area (Å²) >= 11 is 1.23. The standard InChI is InChI=1S/C16H17N5O3S/c1-9-11(10(2)21-16(19-9)17-8-18-21)4-5-13(22)20-12-6-7-25-14(12)15(23)24-3/h6-8H,4-5H2,1-3H3,(H,20,22). The van der Waals surface area contributed by atoms with E-state index in [9.17, 15) is 9.59 Å². The van der Waals surface area contributed by atoms with Crippen LogP contribution in [0.1, 0.15) is 33.0 Å². The minimum absolute atomic E-state index is 0.180. The maximum Gasteiger partial charge on any atom is 0.350 e. The number of carbonyl (C=O) groups is 2. The van der Waals surface area contributed by atoms with Crippen LogP contribution < -0.4 is 5.32 Å². The normalized spacial score (nSPS) is 10.8. The number of carbonyl (C=O) groups excluding carboxylic acids is 2. The van der Waals surface area contributed by atoms with Gasteiger partial charge in [0, 0.05) is 17.8 Å². The second kappa shape index (κ2) is 6.98. The molecule has 1 amide bonds. The number of aromatic nitrogens is 4. The number of thiophene rings is 1. The Kier molecular flexibility index (Phi) is 4.75. The Morgan fingerprint density at radius 3 is 2.92 bits per heavy atom. The zero-order valence-corrected chi connectivity index (χ0v) is 14.9. The first-order chi connectivity index (χ1) is 12.0. The first kappa shape index (κ1) is 17.0. The average molecular weight is 359 g/mol. The topological polar surface area (TPSA) is 98.5 Å². The minimum atomic E-state index is -0.460. The van der Waals surface area contributed by atoms with E-state index in [4.69, 9.17) is 4.74 Å². The Balaban J connectivity index is 1.71. The molecular weight excluding hydrogens is 342 g/mol. The lowest BCUT2D eigenvalue weighted by molar-refractivity contribution is -0.116. The van der Waals surface area contributed by atoms with Crippen molar-refractivity contribution in [1.82, 2.24) is 19.6 Å². The van der Waals surface area contributed by atoms with E-state index in [1.54, 1.807) is 16.0 Å². The molecule has 0 saturated heterocycles. The van der Waals surface area contributed by atoms with Crippen LogP contribution in [0.25, 0.3) is 5.78 Å². The molecule has 0 fully saturated rings. The fourth-order valence-electron chi connectivity index (χ4n) is 2.63. The Bertz CT molecular complexity index is 947. The number of rotatable bonds is 5. The van der Waals surface area contributed by atoms with E-state index < -0.39 is 5.97 Å². The lowest BCUT2D eigenvalue weighted by atomic mass is 10.1. The monoisotopic (exact) mass is 359 g/mol. The van der Waals surface area contributed by atoms with Gasteiger partial charge in [-0.1, -0.05) is 0 Å². The van der Waals surface area contributed by atoms with Crippen LogP contribution in [0.3, 0.4) is 0 Å². The third-order valence-corrected chi connectivity index (χ3v) is 4.80. The molecule has 130 valence electrons. The van der Waals surface area contributed by atoms with Crippen molar-refractivity contribution in [2.75, 3.05) is 12.4 Å². The third kappa shape index (κ3) is 3.36. The lowest BCUT2D eigenvalue weighted by Crippen LogP contribution is -2.15. The van der Waals surface area contributed by atoms with Gasteiger partial charge in [-0.2, -0.15) is 10.1 Å². The van der Waals surface area contributed by atoms with Crippen molar-refractivity contribution in [3.8, 4) is 0 Å². The molecule has 25 heavy (non-hydrogen) atoms. The van der Waals surface area contributed by atoms with Crippen LogP contribution in [-0.2, 0) is 16.0 Å². The zero-order valence-electron chi connectivity index (χ0n) is 14.1. The molecule has 3 aromatic rings. The Morgan fingerprint density at radius 1 is 1.36 bits per heavy atom. The lowest BCUT2D eigenvalue weighted by Gasteiger charge is -2.10. The number of methoxy groups -OCH3 is 1. The van der Waals surface area contributed by atoms with Crippen LogP contribution in [0.4, 0.5) is 5.69 Å². The smallest absolute Gasteiger partial charge is 0.350 e. The molecule has 8 nitrogen and oxygen atoms in total. The van der Waals surface area contributed by atoms with Gasteiger partial charge in [-0.05, 0) is 37.3 Å². The molecular formula is C16H17N5O3S. The highest BCUT2D eigenvalue weighted by Gasteiger charge is 2.17. The summed E-state index contributed by atoms with van der Waals surface area (Å²) in [5.74, 6) is -0.0944. The summed E-state index contributed by atoms with van der Waals surface area (Å²) in [5.41, 5.74) is 3.18. The maximum atomic E-state index is 12.3. The van der Waals surface area contributed by atoms with Crippen molar-refractivity contribution >= 4 is 34.7 Å². The van der Waals surface area contributed by atoms with Crippen molar-refractivity contribution in [1.29, 1.82) is 0 Å². The van der Waals surface area contributed by atoms with Crippen molar-refractivity contribution in [3.63, 3.8) is 0 Å². The van der Waals surface area contributed by atoms with E-state index >= 15 is 0 Å². The van der Waals surface area contributed by atoms with E-state index in [-0.39, 0.29) is 12.3 Å². The number of ether oxygens (including phenoxy) is 1. The van der Waals surface area contributed by atoms with E-state index in [1.807, 2.05) is 13.8 Å². The number of hydrogen-bond donors (Lipinski definition) is 1. The minimum Gasteiger partial charge on any atom is -0.465 e. The number of hydrogen-bond acceptors (Lipinski definition) is 7. The summed E-state index contributed by atoms with van der Waals surface area (Å²) in [7, 11) is 1.31. The molecule has 0 aliphatic rings. The first-order valence-electron chi connectivity index (χ1n) is 7.62. The molecule has 3 rings (SSSR count).